The fraction of sp³-hybridized carbons (Fsp3) is 0.333. The number of nitrogens with zero attached hydrogens (tertiary/aromatic N) is 2. The molecule has 1 aromatic heterocycles. The summed E-state index contributed by atoms with van der Waals surface area (Å²) in [7, 11) is 0. The number of aryl methyl sites for hydroxylation is 1. The third-order valence-corrected chi connectivity index (χ3v) is 2.11. The second-order valence-corrected chi connectivity index (χ2v) is 3.41. The molecule has 0 fully saturated rings. The van der Waals surface area contributed by atoms with E-state index in [-0.39, 0.29) is 0 Å². The van der Waals surface area contributed by atoms with Crippen LogP contribution in [0.2, 0.25) is 0 Å². The lowest BCUT2D eigenvalue weighted by atomic mass is 10.4. The van der Waals surface area contributed by atoms with Gasteiger partial charge in [0.05, 0.1) is 0 Å². The van der Waals surface area contributed by atoms with Crippen molar-refractivity contribution in [3.05, 3.63) is 18.0 Å². The molecule has 0 atom stereocenters. The third kappa shape index (κ3) is 2.93. The van der Waals surface area contributed by atoms with Crippen molar-refractivity contribution in [3.63, 3.8) is 0 Å². The first-order chi connectivity index (χ1) is 5.83. The van der Waals surface area contributed by atoms with Gasteiger partial charge in [-0.25, -0.2) is 9.97 Å². The molecule has 0 radical (unpaired) electrons. The van der Waals surface area contributed by atoms with Crippen molar-refractivity contribution in [1.82, 2.24) is 9.97 Å². The van der Waals surface area contributed by atoms with Crippen molar-refractivity contribution >= 4 is 11.8 Å². The average molecular weight is 178 g/mol. The fourth-order valence-corrected chi connectivity index (χ4v) is 1.31. The maximum Gasteiger partial charge on any atom is 0.187 e. The first-order valence-corrected chi connectivity index (χ1v) is 4.66. The first kappa shape index (κ1) is 9.08. The lowest BCUT2D eigenvalue weighted by molar-refractivity contribution is 0.949. The zero-order valence-corrected chi connectivity index (χ0v) is 7.77. The predicted molar refractivity (Wildman–Crippen MR) is 50.9 cm³/mol. The Hall–Kier alpha value is -1.01. The number of hydrogen-bond donors (Lipinski definition) is 0. The van der Waals surface area contributed by atoms with E-state index in [2.05, 4.69) is 15.9 Å². The van der Waals surface area contributed by atoms with Gasteiger partial charge >= 0.3 is 0 Å². The summed E-state index contributed by atoms with van der Waals surface area (Å²) in [5.41, 5.74) is 1.08. The molecule has 0 amide bonds. The van der Waals surface area contributed by atoms with E-state index in [0.29, 0.717) is 0 Å². The predicted octanol–water partition coefficient (Wildman–Crippen LogP) is 1.90. The molecule has 1 rings (SSSR count). The number of hydrogen-bond acceptors (Lipinski definition) is 3. The van der Waals surface area contributed by atoms with Crippen LogP contribution < -0.4 is 0 Å². The molecule has 0 aliphatic rings. The second-order valence-electron chi connectivity index (χ2n) is 2.35. The van der Waals surface area contributed by atoms with Gasteiger partial charge in [0.15, 0.2) is 5.16 Å². The van der Waals surface area contributed by atoms with Gasteiger partial charge in [-0.1, -0.05) is 11.8 Å². The van der Waals surface area contributed by atoms with Crippen LogP contribution in [0.25, 0.3) is 0 Å². The van der Waals surface area contributed by atoms with E-state index in [1.165, 1.54) is 0 Å². The highest BCUT2D eigenvalue weighted by Gasteiger charge is 1.94. The van der Waals surface area contributed by atoms with Gasteiger partial charge in [-0.3, -0.25) is 0 Å². The monoisotopic (exact) mass is 178 g/mol. The zero-order chi connectivity index (χ0) is 8.81. The van der Waals surface area contributed by atoms with Crippen molar-refractivity contribution < 1.29 is 0 Å². The Bertz CT molecular complexity index is 274. The molecule has 0 unspecified atom stereocenters. The van der Waals surface area contributed by atoms with Gasteiger partial charge in [0.2, 0.25) is 0 Å². The molecule has 0 bridgehead atoms. The molecule has 0 aliphatic heterocycles. The van der Waals surface area contributed by atoms with Crippen LogP contribution >= 0.6 is 11.8 Å². The molecule has 0 saturated heterocycles. The van der Waals surface area contributed by atoms with E-state index < -0.39 is 0 Å². The number of rotatable bonds is 3. The quantitative estimate of drug-likeness (QED) is 0.306. The molecule has 62 valence electrons. The highest BCUT2D eigenvalue weighted by atomic mass is 32.2. The summed E-state index contributed by atoms with van der Waals surface area (Å²) in [6.07, 6.45) is 9.50. The van der Waals surface area contributed by atoms with E-state index in [4.69, 9.17) is 6.42 Å². The fourth-order valence-electron chi connectivity index (χ4n) is 0.657. The number of aromatic nitrogens is 2. The zero-order valence-electron chi connectivity index (χ0n) is 6.95. The molecule has 12 heavy (non-hydrogen) atoms. The van der Waals surface area contributed by atoms with Crippen LogP contribution in [0.5, 0.6) is 0 Å². The van der Waals surface area contributed by atoms with E-state index in [9.17, 15) is 0 Å². The summed E-state index contributed by atoms with van der Waals surface area (Å²) in [5, 5.41) is 0.802. The van der Waals surface area contributed by atoms with Gasteiger partial charge in [0.1, 0.15) is 0 Å². The third-order valence-electron chi connectivity index (χ3n) is 1.23. The Labute approximate surface area is 76.8 Å². The van der Waals surface area contributed by atoms with Gasteiger partial charge < -0.3 is 0 Å². The maximum absolute atomic E-state index is 5.11. The normalized spacial score (nSPS) is 9.33. The summed E-state index contributed by atoms with van der Waals surface area (Å²) in [5.74, 6) is 3.46. The summed E-state index contributed by atoms with van der Waals surface area (Å²) >= 11 is 1.59. The Balaban J connectivity index is 2.43. The molecule has 1 aromatic rings. The van der Waals surface area contributed by atoms with E-state index in [1.54, 1.807) is 11.8 Å². The molecule has 0 spiro atoms. The highest BCUT2D eigenvalue weighted by molar-refractivity contribution is 7.99. The second kappa shape index (κ2) is 4.78. The maximum atomic E-state index is 5.11. The lowest BCUT2D eigenvalue weighted by Gasteiger charge is -1.96. The molecule has 3 heteroatoms. The average Bonchev–Trinajstić information content (AvgIpc) is 2.09. The van der Waals surface area contributed by atoms with Gasteiger partial charge in [0.25, 0.3) is 0 Å². The van der Waals surface area contributed by atoms with Crippen LogP contribution in [-0.2, 0) is 0 Å². The highest BCUT2D eigenvalue weighted by Crippen LogP contribution is 2.12. The Kier molecular flexibility index (Phi) is 3.62. The van der Waals surface area contributed by atoms with E-state index in [1.807, 2.05) is 19.3 Å². The largest absolute Gasteiger partial charge is 0.231 e. The molecule has 0 N–H and O–H groups in total. The van der Waals surface area contributed by atoms with Crippen molar-refractivity contribution in [2.24, 2.45) is 0 Å². The van der Waals surface area contributed by atoms with Crippen molar-refractivity contribution in [2.45, 2.75) is 18.5 Å². The van der Waals surface area contributed by atoms with Gasteiger partial charge in [-0.15, -0.1) is 12.3 Å². The molecule has 1 heterocycles. The smallest absolute Gasteiger partial charge is 0.187 e. The van der Waals surface area contributed by atoms with Crippen LogP contribution in [0.1, 0.15) is 12.0 Å². The number of thioether (sulfide) groups is 1. The van der Waals surface area contributed by atoms with Crippen LogP contribution in [0.3, 0.4) is 0 Å². The van der Waals surface area contributed by atoms with Gasteiger partial charge in [0, 0.05) is 24.6 Å². The Morgan fingerprint density at radius 2 is 2.17 bits per heavy atom. The minimum Gasteiger partial charge on any atom is -0.231 e. The van der Waals surface area contributed by atoms with Crippen LogP contribution in [-0.4, -0.2) is 15.7 Å². The van der Waals surface area contributed by atoms with E-state index in [0.717, 1.165) is 22.9 Å². The summed E-state index contributed by atoms with van der Waals surface area (Å²) in [4.78, 5) is 8.27. The minimum absolute atomic E-state index is 0.766. The molecule has 0 aliphatic carbocycles. The SMILES string of the molecule is C#CCCSc1ncc(C)cn1. The molecular formula is C9H10N2S. The number of terminal acetylenes is 1. The van der Waals surface area contributed by atoms with Crippen LogP contribution in [0.4, 0.5) is 0 Å². The molecular weight excluding hydrogens is 168 g/mol. The lowest BCUT2D eigenvalue weighted by Crippen LogP contribution is -1.87. The topological polar surface area (TPSA) is 25.8 Å². The summed E-state index contributed by atoms with van der Waals surface area (Å²) in [6.45, 7) is 1.97. The molecule has 0 aromatic carbocycles. The standard InChI is InChI=1S/C9H10N2S/c1-3-4-5-12-9-10-6-8(2)7-11-9/h1,6-7H,4-5H2,2H3. The van der Waals surface area contributed by atoms with Crippen molar-refractivity contribution in [3.8, 4) is 12.3 Å². The minimum atomic E-state index is 0.766. The molecule has 2 nitrogen and oxygen atoms in total. The summed E-state index contributed by atoms with van der Waals surface area (Å²) in [6, 6.07) is 0. The first-order valence-electron chi connectivity index (χ1n) is 3.68. The Morgan fingerprint density at radius 1 is 1.50 bits per heavy atom. The molecule has 0 saturated carbocycles. The van der Waals surface area contributed by atoms with Gasteiger partial charge in [-0.2, -0.15) is 0 Å². The summed E-state index contributed by atoms with van der Waals surface area (Å²) < 4.78 is 0. The van der Waals surface area contributed by atoms with Crippen molar-refractivity contribution in [1.29, 1.82) is 0 Å². The van der Waals surface area contributed by atoms with Crippen molar-refractivity contribution in [2.75, 3.05) is 5.75 Å². The Morgan fingerprint density at radius 3 is 2.75 bits per heavy atom. The van der Waals surface area contributed by atoms with Gasteiger partial charge in [-0.05, 0) is 12.5 Å². The van der Waals surface area contributed by atoms with Crippen LogP contribution in [0, 0.1) is 19.3 Å². The van der Waals surface area contributed by atoms with E-state index >= 15 is 0 Å². The van der Waals surface area contributed by atoms with Crippen LogP contribution in [0.15, 0.2) is 17.6 Å².